The van der Waals surface area contributed by atoms with Crippen molar-refractivity contribution in [3.63, 3.8) is 0 Å². The predicted molar refractivity (Wildman–Crippen MR) is 92.3 cm³/mol. The molecule has 24 heavy (non-hydrogen) atoms. The van der Waals surface area contributed by atoms with Crippen LogP contribution in [0, 0.1) is 0 Å². The number of aromatic amines is 1. The van der Waals surface area contributed by atoms with E-state index in [-0.39, 0.29) is 17.9 Å². The molecule has 4 rings (SSSR count). The highest BCUT2D eigenvalue weighted by Crippen LogP contribution is 2.26. The van der Waals surface area contributed by atoms with Gasteiger partial charge in [0, 0.05) is 36.1 Å². The Labute approximate surface area is 141 Å². The molecule has 1 saturated heterocycles. The van der Waals surface area contributed by atoms with E-state index >= 15 is 0 Å². The van der Waals surface area contributed by atoms with E-state index in [1.165, 1.54) is 12.8 Å². The fraction of sp³-hybridized carbons (Fsp3) is 0.474. The van der Waals surface area contributed by atoms with Gasteiger partial charge < -0.3 is 15.2 Å². The fourth-order valence-corrected chi connectivity index (χ4v) is 4.02. The molecule has 2 amide bonds. The molecule has 5 nitrogen and oxygen atoms in total. The number of rotatable bonds is 4. The molecule has 0 radical (unpaired) electrons. The molecule has 1 aromatic carbocycles. The van der Waals surface area contributed by atoms with E-state index < -0.39 is 0 Å². The maximum Gasteiger partial charge on any atom is 0.243 e. The standard InChI is InChI=1S/C19H23N3O2/c23-18-10-9-17(19(24)21-14-5-1-2-6-14)22(18)12-13-11-20-16-8-4-3-7-15(13)16/h3-4,7-8,11,14,17,20H,1-2,5-6,9-10,12H2,(H,21,24). The Morgan fingerprint density at radius 3 is 2.83 bits per heavy atom. The zero-order chi connectivity index (χ0) is 16.5. The van der Waals surface area contributed by atoms with Gasteiger partial charge in [0.05, 0.1) is 0 Å². The Kier molecular flexibility index (Phi) is 4.00. The topological polar surface area (TPSA) is 65.2 Å². The summed E-state index contributed by atoms with van der Waals surface area (Å²) in [4.78, 5) is 30.0. The van der Waals surface area contributed by atoms with Gasteiger partial charge in [-0.1, -0.05) is 31.0 Å². The van der Waals surface area contributed by atoms with Gasteiger partial charge >= 0.3 is 0 Å². The highest BCUT2D eigenvalue weighted by Gasteiger charge is 2.37. The summed E-state index contributed by atoms with van der Waals surface area (Å²) >= 11 is 0. The lowest BCUT2D eigenvalue weighted by Gasteiger charge is -2.25. The first-order valence-electron chi connectivity index (χ1n) is 8.87. The van der Waals surface area contributed by atoms with Crippen molar-refractivity contribution in [3.05, 3.63) is 36.0 Å². The molecule has 1 aliphatic heterocycles. The second-order valence-corrected chi connectivity index (χ2v) is 6.93. The Bertz CT molecular complexity index is 761. The van der Waals surface area contributed by atoms with Crippen LogP contribution in [-0.2, 0) is 16.1 Å². The molecule has 2 aliphatic rings. The predicted octanol–water partition coefficient (Wildman–Crippen LogP) is 2.72. The quantitative estimate of drug-likeness (QED) is 0.908. The minimum absolute atomic E-state index is 0.0209. The number of likely N-dealkylation sites (tertiary alicyclic amines) is 1. The number of aromatic nitrogens is 1. The highest BCUT2D eigenvalue weighted by atomic mass is 16.2. The van der Waals surface area contributed by atoms with Crippen molar-refractivity contribution in [3.8, 4) is 0 Å². The molecule has 1 aromatic heterocycles. The smallest absolute Gasteiger partial charge is 0.243 e. The van der Waals surface area contributed by atoms with Crippen molar-refractivity contribution in [2.45, 2.75) is 57.2 Å². The molecule has 2 fully saturated rings. The number of amides is 2. The van der Waals surface area contributed by atoms with Crippen LogP contribution in [0.15, 0.2) is 30.5 Å². The minimum atomic E-state index is -0.327. The van der Waals surface area contributed by atoms with Gasteiger partial charge in [-0.2, -0.15) is 0 Å². The third-order valence-electron chi connectivity index (χ3n) is 5.35. The normalized spacial score (nSPS) is 21.8. The molecule has 1 unspecified atom stereocenters. The Balaban J connectivity index is 1.51. The maximum absolute atomic E-state index is 12.6. The van der Waals surface area contributed by atoms with Crippen LogP contribution in [0.3, 0.4) is 0 Å². The number of H-pyrrole nitrogens is 1. The number of hydrogen-bond donors (Lipinski definition) is 2. The lowest BCUT2D eigenvalue weighted by molar-refractivity contribution is -0.136. The van der Waals surface area contributed by atoms with Crippen molar-refractivity contribution >= 4 is 22.7 Å². The summed E-state index contributed by atoms with van der Waals surface area (Å²) in [6.07, 6.45) is 7.54. The third kappa shape index (κ3) is 2.79. The maximum atomic E-state index is 12.6. The van der Waals surface area contributed by atoms with Gasteiger partial charge in [-0.25, -0.2) is 0 Å². The number of para-hydroxylation sites is 1. The summed E-state index contributed by atoms with van der Waals surface area (Å²) < 4.78 is 0. The zero-order valence-corrected chi connectivity index (χ0v) is 13.8. The van der Waals surface area contributed by atoms with Gasteiger partial charge in [-0.05, 0) is 30.9 Å². The molecule has 0 bridgehead atoms. The van der Waals surface area contributed by atoms with Crippen LogP contribution >= 0.6 is 0 Å². The number of hydrogen-bond acceptors (Lipinski definition) is 2. The van der Waals surface area contributed by atoms with Crippen LogP contribution in [0.1, 0.15) is 44.1 Å². The van der Waals surface area contributed by atoms with E-state index in [1.807, 2.05) is 24.4 Å². The minimum Gasteiger partial charge on any atom is -0.361 e. The van der Waals surface area contributed by atoms with Gasteiger partial charge in [0.25, 0.3) is 0 Å². The lowest BCUT2D eigenvalue weighted by atomic mass is 10.1. The lowest BCUT2D eigenvalue weighted by Crippen LogP contribution is -2.47. The Morgan fingerprint density at radius 1 is 1.21 bits per heavy atom. The highest BCUT2D eigenvalue weighted by molar-refractivity contribution is 5.91. The summed E-state index contributed by atoms with van der Waals surface area (Å²) in [6, 6.07) is 8.02. The molecular formula is C19H23N3O2. The summed E-state index contributed by atoms with van der Waals surface area (Å²) in [5.41, 5.74) is 2.13. The van der Waals surface area contributed by atoms with Gasteiger partial charge in [0.2, 0.25) is 11.8 Å². The van der Waals surface area contributed by atoms with Crippen LogP contribution in [0.5, 0.6) is 0 Å². The largest absolute Gasteiger partial charge is 0.361 e. The van der Waals surface area contributed by atoms with E-state index in [0.29, 0.717) is 25.4 Å². The molecule has 126 valence electrons. The molecule has 2 heterocycles. The second-order valence-electron chi connectivity index (χ2n) is 6.93. The first-order valence-corrected chi connectivity index (χ1v) is 8.87. The monoisotopic (exact) mass is 325 g/mol. The summed E-state index contributed by atoms with van der Waals surface area (Å²) in [5.74, 6) is 0.0967. The number of nitrogens with zero attached hydrogens (tertiary/aromatic N) is 1. The van der Waals surface area contributed by atoms with Gasteiger partial charge in [0.15, 0.2) is 0 Å². The first kappa shape index (κ1) is 15.2. The molecule has 1 aliphatic carbocycles. The molecule has 1 atom stereocenters. The number of carbonyl (C=O) groups is 2. The Hall–Kier alpha value is -2.30. The molecule has 5 heteroatoms. The van der Waals surface area contributed by atoms with Crippen LogP contribution < -0.4 is 5.32 Å². The van der Waals surface area contributed by atoms with Crippen molar-refractivity contribution in [1.29, 1.82) is 0 Å². The zero-order valence-electron chi connectivity index (χ0n) is 13.8. The average Bonchev–Trinajstić information content (AvgIpc) is 3.30. The van der Waals surface area contributed by atoms with E-state index in [0.717, 1.165) is 29.3 Å². The van der Waals surface area contributed by atoms with Crippen molar-refractivity contribution in [2.24, 2.45) is 0 Å². The summed E-state index contributed by atoms with van der Waals surface area (Å²) in [6.45, 7) is 0.492. The SMILES string of the molecule is O=C(NC1CCCC1)C1CCC(=O)N1Cc1c[nH]c2ccccc12. The Morgan fingerprint density at radius 2 is 2.00 bits per heavy atom. The van der Waals surface area contributed by atoms with Gasteiger partial charge in [-0.3, -0.25) is 9.59 Å². The number of benzene rings is 1. The molecule has 2 aromatic rings. The van der Waals surface area contributed by atoms with E-state index in [1.54, 1.807) is 4.90 Å². The average molecular weight is 325 g/mol. The number of nitrogens with one attached hydrogen (secondary N) is 2. The van der Waals surface area contributed by atoms with E-state index in [4.69, 9.17) is 0 Å². The second kappa shape index (κ2) is 6.30. The van der Waals surface area contributed by atoms with Crippen LogP contribution in [-0.4, -0.2) is 33.8 Å². The van der Waals surface area contributed by atoms with Crippen molar-refractivity contribution in [1.82, 2.24) is 15.2 Å². The summed E-state index contributed by atoms with van der Waals surface area (Å²) in [7, 11) is 0. The van der Waals surface area contributed by atoms with Crippen LogP contribution in [0.25, 0.3) is 10.9 Å². The van der Waals surface area contributed by atoms with E-state index in [9.17, 15) is 9.59 Å². The number of fused-ring (bicyclic) bond motifs is 1. The third-order valence-corrected chi connectivity index (χ3v) is 5.35. The van der Waals surface area contributed by atoms with E-state index in [2.05, 4.69) is 16.4 Å². The first-order chi connectivity index (χ1) is 11.7. The molecular weight excluding hydrogens is 302 g/mol. The molecule has 2 N–H and O–H groups in total. The molecule has 0 spiro atoms. The van der Waals surface area contributed by atoms with Crippen LogP contribution in [0.4, 0.5) is 0 Å². The molecule has 1 saturated carbocycles. The van der Waals surface area contributed by atoms with Gasteiger partial charge in [0.1, 0.15) is 6.04 Å². The summed E-state index contributed by atoms with van der Waals surface area (Å²) in [5, 5.41) is 4.27. The van der Waals surface area contributed by atoms with Gasteiger partial charge in [-0.15, -0.1) is 0 Å². The fourth-order valence-electron chi connectivity index (χ4n) is 4.02. The number of carbonyl (C=O) groups excluding carboxylic acids is 2. The van der Waals surface area contributed by atoms with Crippen LogP contribution in [0.2, 0.25) is 0 Å². The van der Waals surface area contributed by atoms with Crippen molar-refractivity contribution in [2.75, 3.05) is 0 Å². The van der Waals surface area contributed by atoms with Crippen molar-refractivity contribution < 1.29 is 9.59 Å².